The van der Waals surface area contributed by atoms with E-state index in [0.717, 1.165) is 5.56 Å². The standard InChI is InChI=1S/C27H26F2N4O3/c1-15-21(28)10-9-19(23(15)29)14-36-24-16(2)25(34)33(17(3)31-24)20-8-6-7-18(13-20)22-11-12-30-26(32-22)27(4,5)35/h6-13,35H,14H2,1-5H3. The molecule has 0 atom stereocenters. The molecular weight excluding hydrogens is 466 g/mol. The highest BCUT2D eigenvalue weighted by Crippen LogP contribution is 2.24. The molecule has 0 bridgehead atoms. The number of ether oxygens (including phenoxy) is 1. The van der Waals surface area contributed by atoms with E-state index >= 15 is 0 Å². The zero-order valence-electron chi connectivity index (χ0n) is 20.6. The van der Waals surface area contributed by atoms with Crippen LogP contribution < -0.4 is 10.3 Å². The monoisotopic (exact) mass is 492 g/mol. The minimum atomic E-state index is -1.20. The summed E-state index contributed by atoms with van der Waals surface area (Å²) in [5.74, 6) is -0.590. The highest BCUT2D eigenvalue weighted by molar-refractivity contribution is 5.62. The fourth-order valence-electron chi connectivity index (χ4n) is 3.73. The van der Waals surface area contributed by atoms with Crippen molar-refractivity contribution in [1.82, 2.24) is 19.5 Å². The summed E-state index contributed by atoms with van der Waals surface area (Å²) in [6, 6.07) is 11.4. The Bertz CT molecular complexity index is 1510. The summed E-state index contributed by atoms with van der Waals surface area (Å²) in [6.45, 7) is 7.61. The molecule has 0 spiro atoms. The molecule has 36 heavy (non-hydrogen) atoms. The number of aromatic nitrogens is 4. The number of benzene rings is 2. The van der Waals surface area contributed by atoms with Gasteiger partial charge in [-0.1, -0.05) is 12.1 Å². The molecular formula is C27H26F2N4O3. The average Bonchev–Trinajstić information content (AvgIpc) is 2.85. The maximum absolute atomic E-state index is 14.3. The van der Waals surface area contributed by atoms with E-state index in [-0.39, 0.29) is 40.6 Å². The fraction of sp³-hybridized carbons (Fsp3) is 0.259. The summed E-state index contributed by atoms with van der Waals surface area (Å²) in [5.41, 5.74) is 0.670. The number of halogens is 2. The molecule has 4 rings (SSSR count). The van der Waals surface area contributed by atoms with E-state index in [1.807, 2.05) is 6.07 Å². The van der Waals surface area contributed by atoms with Crippen LogP contribution in [0, 0.1) is 32.4 Å². The van der Waals surface area contributed by atoms with Crippen molar-refractivity contribution >= 4 is 0 Å². The van der Waals surface area contributed by atoms with Crippen LogP contribution in [0.4, 0.5) is 8.78 Å². The molecule has 7 nitrogen and oxygen atoms in total. The van der Waals surface area contributed by atoms with Crippen LogP contribution in [0.25, 0.3) is 16.9 Å². The normalized spacial score (nSPS) is 11.6. The first-order valence-corrected chi connectivity index (χ1v) is 11.3. The molecule has 186 valence electrons. The molecule has 9 heteroatoms. The Labute approximate surface area is 207 Å². The Kier molecular flexibility index (Phi) is 6.69. The lowest BCUT2D eigenvalue weighted by atomic mass is 10.1. The smallest absolute Gasteiger partial charge is 0.264 e. The summed E-state index contributed by atoms with van der Waals surface area (Å²) in [5, 5.41) is 10.3. The summed E-state index contributed by atoms with van der Waals surface area (Å²) in [7, 11) is 0. The second-order valence-electron chi connectivity index (χ2n) is 9.04. The van der Waals surface area contributed by atoms with E-state index in [2.05, 4.69) is 15.0 Å². The Morgan fingerprint density at radius 1 is 1.03 bits per heavy atom. The summed E-state index contributed by atoms with van der Waals surface area (Å²) >= 11 is 0. The van der Waals surface area contributed by atoms with Crippen molar-refractivity contribution in [3.8, 4) is 22.8 Å². The third-order valence-electron chi connectivity index (χ3n) is 5.80. The second-order valence-corrected chi connectivity index (χ2v) is 9.04. The van der Waals surface area contributed by atoms with Crippen LogP contribution in [-0.2, 0) is 12.2 Å². The van der Waals surface area contributed by atoms with Crippen molar-refractivity contribution in [2.24, 2.45) is 0 Å². The Morgan fingerprint density at radius 3 is 2.50 bits per heavy atom. The molecule has 4 aromatic rings. The summed E-state index contributed by atoms with van der Waals surface area (Å²) < 4.78 is 35.0. The van der Waals surface area contributed by atoms with Gasteiger partial charge in [-0.3, -0.25) is 9.36 Å². The summed E-state index contributed by atoms with van der Waals surface area (Å²) in [4.78, 5) is 26.3. The van der Waals surface area contributed by atoms with Crippen molar-refractivity contribution in [1.29, 1.82) is 0 Å². The maximum atomic E-state index is 14.3. The van der Waals surface area contributed by atoms with Gasteiger partial charge in [0, 0.05) is 22.9 Å². The maximum Gasteiger partial charge on any atom is 0.264 e. The Balaban J connectivity index is 1.67. The van der Waals surface area contributed by atoms with Crippen molar-refractivity contribution in [3.05, 3.63) is 99.0 Å². The van der Waals surface area contributed by atoms with Gasteiger partial charge < -0.3 is 9.84 Å². The van der Waals surface area contributed by atoms with Gasteiger partial charge in [0.05, 0.1) is 16.9 Å². The van der Waals surface area contributed by atoms with Crippen LogP contribution >= 0.6 is 0 Å². The molecule has 1 N–H and O–H groups in total. The number of hydrogen-bond acceptors (Lipinski definition) is 6. The van der Waals surface area contributed by atoms with Crippen molar-refractivity contribution in [2.45, 2.75) is 46.8 Å². The van der Waals surface area contributed by atoms with Crippen LogP contribution in [0.3, 0.4) is 0 Å². The highest BCUT2D eigenvalue weighted by Gasteiger charge is 2.20. The van der Waals surface area contributed by atoms with Gasteiger partial charge >= 0.3 is 0 Å². The quantitative estimate of drug-likeness (QED) is 0.420. The van der Waals surface area contributed by atoms with Crippen LogP contribution in [0.15, 0.2) is 53.5 Å². The highest BCUT2D eigenvalue weighted by atomic mass is 19.1. The number of rotatable bonds is 6. The third-order valence-corrected chi connectivity index (χ3v) is 5.80. The van der Waals surface area contributed by atoms with E-state index < -0.39 is 17.2 Å². The fourth-order valence-corrected chi connectivity index (χ4v) is 3.73. The van der Waals surface area contributed by atoms with Gasteiger partial charge in [0.2, 0.25) is 5.88 Å². The Morgan fingerprint density at radius 2 is 1.78 bits per heavy atom. The predicted octanol–water partition coefficient (Wildman–Crippen LogP) is 4.70. The molecule has 0 aliphatic heterocycles. The average molecular weight is 493 g/mol. The van der Waals surface area contributed by atoms with Crippen LogP contribution in [0.2, 0.25) is 0 Å². The van der Waals surface area contributed by atoms with Crippen molar-refractivity contribution < 1.29 is 18.6 Å². The van der Waals surface area contributed by atoms with Gasteiger partial charge in [-0.2, -0.15) is 4.98 Å². The van der Waals surface area contributed by atoms with Crippen molar-refractivity contribution in [3.63, 3.8) is 0 Å². The number of nitrogens with zero attached hydrogens (tertiary/aromatic N) is 4. The van der Waals surface area contributed by atoms with Gasteiger partial charge in [-0.25, -0.2) is 18.7 Å². The SMILES string of the molecule is Cc1c(F)ccc(COc2nc(C)n(-c3cccc(-c4ccnc(C(C)(C)O)n4)c3)c(=O)c2C)c1F. The molecule has 0 aliphatic carbocycles. The third kappa shape index (κ3) is 4.87. The minimum Gasteiger partial charge on any atom is -0.472 e. The zero-order chi connectivity index (χ0) is 26.2. The lowest BCUT2D eigenvalue weighted by Gasteiger charge is -2.17. The predicted molar refractivity (Wildman–Crippen MR) is 131 cm³/mol. The molecule has 0 unspecified atom stereocenters. The Hall–Kier alpha value is -3.98. The van der Waals surface area contributed by atoms with Gasteiger partial charge in [-0.15, -0.1) is 0 Å². The van der Waals surface area contributed by atoms with Crippen LogP contribution in [0.5, 0.6) is 5.88 Å². The second kappa shape index (κ2) is 9.58. The minimum absolute atomic E-state index is 0.0805. The molecule has 0 radical (unpaired) electrons. The van der Waals surface area contributed by atoms with Crippen LogP contribution in [0.1, 0.15) is 42.2 Å². The van der Waals surface area contributed by atoms with Gasteiger partial charge in [0.15, 0.2) is 5.82 Å². The summed E-state index contributed by atoms with van der Waals surface area (Å²) in [6.07, 6.45) is 1.57. The lowest BCUT2D eigenvalue weighted by molar-refractivity contribution is 0.0688. The van der Waals surface area contributed by atoms with E-state index in [1.165, 1.54) is 23.6 Å². The largest absolute Gasteiger partial charge is 0.472 e. The van der Waals surface area contributed by atoms with Crippen LogP contribution in [-0.4, -0.2) is 24.6 Å². The topological polar surface area (TPSA) is 90.1 Å². The molecule has 0 aliphatic rings. The molecule has 0 saturated carbocycles. The molecule has 2 aromatic carbocycles. The van der Waals surface area contributed by atoms with E-state index in [1.54, 1.807) is 58.2 Å². The number of hydrogen-bond donors (Lipinski definition) is 1. The zero-order valence-corrected chi connectivity index (χ0v) is 20.6. The first-order valence-electron chi connectivity index (χ1n) is 11.3. The van der Waals surface area contributed by atoms with Gasteiger partial charge in [0.25, 0.3) is 5.56 Å². The van der Waals surface area contributed by atoms with Gasteiger partial charge in [-0.05, 0) is 65.0 Å². The molecule has 0 fully saturated rings. The van der Waals surface area contributed by atoms with Gasteiger partial charge in [0.1, 0.15) is 29.7 Å². The van der Waals surface area contributed by atoms with E-state index in [4.69, 9.17) is 4.74 Å². The number of aliphatic hydroxyl groups is 1. The van der Waals surface area contributed by atoms with Crippen molar-refractivity contribution in [2.75, 3.05) is 0 Å². The van der Waals surface area contributed by atoms with E-state index in [0.29, 0.717) is 17.2 Å². The van der Waals surface area contributed by atoms with E-state index in [9.17, 15) is 18.7 Å². The molecule has 0 amide bonds. The molecule has 2 aromatic heterocycles. The lowest BCUT2D eigenvalue weighted by Crippen LogP contribution is -2.25. The first kappa shape index (κ1) is 25.1. The number of aryl methyl sites for hydroxylation is 1. The molecule has 2 heterocycles. The molecule has 0 saturated heterocycles. The first-order chi connectivity index (χ1) is 17.0.